The highest BCUT2D eigenvalue weighted by molar-refractivity contribution is 7.08. The van der Waals surface area contributed by atoms with Crippen LogP contribution >= 0.6 is 11.3 Å². The number of thiophene rings is 1. The third-order valence-corrected chi connectivity index (χ3v) is 2.90. The molecule has 2 heteroatoms. The highest BCUT2D eigenvalue weighted by atomic mass is 32.1. The summed E-state index contributed by atoms with van der Waals surface area (Å²) in [6.07, 6.45) is 1.87. The zero-order valence-corrected chi connectivity index (χ0v) is 9.21. The van der Waals surface area contributed by atoms with Gasteiger partial charge >= 0.3 is 0 Å². The SMILES string of the molecule is CC(C)c1ncccc1-c1ccsc1. The van der Waals surface area contributed by atoms with Crippen molar-refractivity contribution in [2.75, 3.05) is 0 Å². The average molecular weight is 203 g/mol. The summed E-state index contributed by atoms with van der Waals surface area (Å²) in [5.41, 5.74) is 3.74. The molecule has 0 unspecified atom stereocenters. The van der Waals surface area contributed by atoms with Gasteiger partial charge in [0.25, 0.3) is 0 Å². The van der Waals surface area contributed by atoms with Crippen molar-refractivity contribution < 1.29 is 0 Å². The van der Waals surface area contributed by atoms with Gasteiger partial charge in [0, 0.05) is 11.8 Å². The number of hydrogen-bond acceptors (Lipinski definition) is 2. The third kappa shape index (κ3) is 1.70. The maximum Gasteiger partial charge on any atom is 0.0507 e. The molecular weight excluding hydrogens is 190 g/mol. The number of aromatic nitrogens is 1. The lowest BCUT2D eigenvalue weighted by molar-refractivity contribution is 0.826. The summed E-state index contributed by atoms with van der Waals surface area (Å²) in [5.74, 6) is 0.478. The summed E-state index contributed by atoms with van der Waals surface area (Å²) in [5, 5.41) is 4.27. The molecule has 0 aliphatic heterocycles. The molecule has 0 saturated heterocycles. The van der Waals surface area contributed by atoms with Crippen LogP contribution < -0.4 is 0 Å². The van der Waals surface area contributed by atoms with Gasteiger partial charge < -0.3 is 0 Å². The fourth-order valence-electron chi connectivity index (χ4n) is 1.54. The zero-order chi connectivity index (χ0) is 9.97. The molecule has 0 amide bonds. The highest BCUT2D eigenvalue weighted by Crippen LogP contribution is 2.28. The van der Waals surface area contributed by atoms with Gasteiger partial charge in [0.1, 0.15) is 0 Å². The first kappa shape index (κ1) is 9.41. The Morgan fingerprint density at radius 1 is 1.29 bits per heavy atom. The molecule has 0 radical (unpaired) electrons. The first-order valence-corrected chi connectivity index (χ1v) is 5.71. The maximum atomic E-state index is 4.44. The lowest BCUT2D eigenvalue weighted by Gasteiger charge is -2.09. The molecular formula is C12H13NS. The Kier molecular flexibility index (Phi) is 2.64. The van der Waals surface area contributed by atoms with Crippen molar-refractivity contribution in [1.29, 1.82) is 0 Å². The fourth-order valence-corrected chi connectivity index (χ4v) is 2.20. The van der Waals surface area contributed by atoms with E-state index in [4.69, 9.17) is 0 Å². The Hall–Kier alpha value is -1.15. The average Bonchev–Trinajstić information content (AvgIpc) is 2.70. The van der Waals surface area contributed by atoms with Gasteiger partial charge in [-0.1, -0.05) is 19.9 Å². The van der Waals surface area contributed by atoms with Crippen LogP contribution in [0.1, 0.15) is 25.5 Å². The van der Waals surface area contributed by atoms with E-state index in [0.29, 0.717) is 5.92 Å². The van der Waals surface area contributed by atoms with E-state index >= 15 is 0 Å². The molecule has 0 aliphatic carbocycles. The van der Waals surface area contributed by atoms with Gasteiger partial charge in [-0.2, -0.15) is 11.3 Å². The van der Waals surface area contributed by atoms with E-state index in [1.54, 1.807) is 11.3 Å². The minimum absolute atomic E-state index is 0.478. The van der Waals surface area contributed by atoms with E-state index in [2.05, 4.69) is 41.7 Å². The van der Waals surface area contributed by atoms with Crippen molar-refractivity contribution in [3.05, 3.63) is 40.8 Å². The summed E-state index contributed by atoms with van der Waals surface area (Å²) in [4.78, 5) is 4.44. The van der Waals surface area contributed by atoms with E-state index in [0.717, 1.165) is 0 Å². The second-order valence-electron chi connectivity index (χ2n) is 3.60. The van der Waals surface area contributed by atoms with Crippen molar-refractivity contribution in [3.8, 4) is 11.1 Å². The second-order valence-corrected chi connectivity index (χ2v) is 4.38. The fraction of sp³-hybridized carbons (Fsp3) is 0.250. The van der Waals surface area contributed by atoms with Gasteiger partial charge in [-0.05, 0) is 34.4 Å². The van der Waals surface area contributed by atoms with E-state index in [1.807, 2.05) is 12.3 Å². The van der Waals surface area contributed by atoms with Crippen LogP contribution in [0.5, 0.6) is 0 Å². The minimum atomic E-state index is 0.478. The lowest BCUT2D eigenvalue weighted by atomic mass is 10.00. The molecule has 2 aromatic rings. The zero-order valence-electron chi connectivity index (χ0n) is 8.40. The molecule has 0 fully saturated rings. The normalized spacial score (nSPS) is 10.8. The lowest BCUT2D eigenvalue weighted by Crippen LogP contribution is -1.94. The molecule has 2 aromatic heterocycles. The summed E-state index contributed by atoms with van der Waals surface area (Å²) >= 11 is 1.73. The predicted molar refractivity (Wildman–Crippen MR) is 61.6 cm³/mol. The Bertz CT molecular complexity index is 404. The predicted octanol–water partition coefficient (Wildman–Crippen LogP) is 3.93. The molecule has 72 valence electrons. The van der Waals surface area contributed by atoms with Crippen LogP contribution in [0.25, 0.3) is 11.1 Å². The number of nitrogens with zero attached hydrogens (tertiary/aromatic N) is 1. The van der Waals surface area contributed by atoms with Crippen LogP contribution in [0.2, 0.25) is 0 Å². The Morgan fingerprint density at radius 2 is 2.14 bits per heavy atom. The second kappa shape index (κ2) is 3.93. The smallest absolute Gasteiger partial charge is 0.0507 e. The molecule has 0 bridgehead atoms. The molecule has 0 atom stereocenters. The topological polar surface area (TPSA) is 12.9 Å². The molecule has 0 spiro atoms. The summed E-state index contributed by atoms with van der Waals surface area (Å²) in [6, 6.07) is 6.29. The molecule has 0 saturated carbocycles. The van der Waals surface area contributed by atoms with Gasteiger partial charge in [-0.25, -0.2) is 0 Å². The van der Waals surface area contributed by atoms with Crippen LogP contribution in [-0.4, -0.2) is 4.98 Å². The first-order valence-electron chi connectivity index (χ1n) is 4.76. The van der Waals surface area contributed by atoms with Crippen LogP contribution in [0.3, 0.4) is 0 Å². The van der Waals surface area contributed by atoms with E-state index < -0.39 is 0 Å². The maximum absolute atomic E-state index is 4.44. The summed E-state index contributed by atoms with van der Waals surface area (Å²) in [7, 11) is 0. The van der Waals surface area contributed by atoms with Crippen molar-refractivity contribution in [3.63, 3.8) is 0 Å². The molecule has 1 nitrogen and oxygen atoms in total. The number of rotatable bonds is 2. The van der Waals surface area contributed by atoms with Crippen LogP contribution in [0, 0.1) is 0 Å². The molecule has 0 N–H and O–H groups in total. The molecule has 2 rings (SSSR count). The molecule has 0 aliphatic rings. The monoisotopic (exact) mass is 203 g/mol. The molecule has 2 heterocycles. The van der Waals surface area contributed by atoms with Gasteiger partial charge in [-0.3, -0.25) is 4.98 Å². The molecule has 0 aromatic carbocycles. The van der Waals surface area contributed by atoms with Gasteiger partial charge in [0.05, 0.1) is 5.69 Å². The first-order chi connectivity index (χ1) is 6.79. The van der Waals surface area contributed by atoms with E-state index in [1.165, 1.54) is 16.8 Å². The van der Waals surface area contributed by atoms with Crippen LogP contribution in [0.4, 0.5) is 0 Å². The van der Waals surface area contributed by atoms with Gasteiger partial charge in [-0.15, -0.1) is 0 Å². The van der Waals surface area contributed by atoms with Crippen molar-refractivity contribution in [1.82, 2.24) is 4.98 Å². The van der Waals surface area contributed by atoms with E-state index in [-0.39, 0.29) is 0 Å². The minimum Gasteiger partial charge on any atom is -0.260 e. The molecule has 14 heavy (non-hydrogen) atoms. The Balaban J connectivity index is 2.53. The highest BCUT2D eigenvalue weighted by Gasteiger charge is 2.08. The number of hydrogen-bond donors (Lipinski definition) is 0. The van der Waals surface area contributed by atoms with Gasteiger partial charge in [0.2, 0.25) is 0 Å². The standard InChI is InChI=1S/C12H13NS/c1-9(2)12-11(4-3-6-13-12)10-5-7-14-8-10/h3-9H,1-2H3. The number of pyridine rings is 1. The third-order valence-electron chi connectivity index (χ3n) is 2.22. The van der Waals surface area contributed by atoms with Crippen LogP contribution in [0.15, 0.2) is 35.2 Å². The quantitative estimate of drug-likeness (QED) is 0.720. The summed E-state index contributed by atoms with van der Waals surface area (Å²) in [6.45, 7) is 4.36. The van der Waals surface area contributed by atoms with Crippen molar-refractivity contribution in [2.24, 2.45) is 0 Å². The Labute approximate surface area is 88.4 Å². The van der Waals surface area contributed by atoms with E-state index in [9.17, 15) is 0 Å². The van der Waals surface area contributed by atoms with Crippen molar-refractivity contribution in [2.45, 2.75) is 19.8 Å². The Morgan fingerprint density at radius 3 is 2.79 bits per heavy atom. The van der Waals surface area contributed by atoms with Gasteiger partial charge in [0.15, 0.2) is 0 Å². The largest absolute Gasteiger partial charge is 0.260 e. The van der Waals surface area contributed by atoms with Crippen LogP contribution in [-0.2, 0) is 0 Å². The van der Waals surface area contributed by atoms with Crippen molar-refractivity contribution >= 4 is 11.3 Å². The summed E-state index contributed by atoms with van der Waals surface area (Å²) < 4.78 is 0.